The van der Waals surface area contributed by atoms with Crippen LogP contribution < -0.4 is 4.74 Å². The number of ether oxygens (including phenoxy) is 2. The van der Waals surface area contributed by atoms with Crippen LogP contribution in [0.2, 0.25) is 0 Å². The molecule has 0 unspecified atom stereocenters. The van der Waals surface area contributed by atoms with Gasteiger partial charge in [-0.3, -0.25) is 4.79 Å². The van der Waals surface area contributed by atoms with Crippen molar-refractivity contribution < 1.29 is 27.9 Å². The first-order valence-electron chi connectivity index (χ1n) is 11.2. The first-order valence-corrected chi connectivity index (χ1v) is 11.2. The molecule has 0 saturated carbocycles. The van der Waals surface area contributed by atoms with Crippen LogP contribution in [0.1, 0.15) is 35.4 Å². The molecule has 0 aliphatic heterocycles. The lowest BCUT2D eigenvalue weighted by atomic mass is 10.1. The average Bonchev–Trinajstić information content (AvgIpc) is 3.56. The summed E-state index contributed by atoms with van der Waals surface area (Å²) >= 11 is 0. The Morgan fingerprint density at radius 2 is 1.77 bits per heavy atom. The van der Waals surface area contributed by atoms with Crippen LogP contribution in [0.25, 0.3) is 11.7 Å². The van der Waals surface area contributed by atoms with E-state index in [1.165, 1.54) is 7.11 Å². The zero-order chi connectivity index (χ0) is 24.5. The fraction of sp³-hybridized carbons (Fsp3) is 0.222. The molecule has 0 aliphatic rings. The highest BCUT2D eigenvalue weighted by molar-refractivity contribution is 6.01. The van der Waals surface area contributed by atoms with E-state index in [1.807, 2.05) is 61.5 Å². The van der Waals surface area contributed by atoms with E-state index in [0.29, 0.717) is 41.0 Å². The molecule has 2 heterocycles. The lowest BCUT2D eigenvalue weighted by Crippen LogP contribution is -2.08. The second-order valence-corrected chi connectivity index (χ2v) is 7.69. The number of aromatic nitrogens is 1. The summed E-state index contributed by atoms with van der Waals surface area (Å²) in [6.07, 6.45) is 2.23. The molecule has 8 nitrogen and oxygen atoms in total. The van der Waals surface area contributed by atoms with Crippen LogP contribution in [-0.2, 0) is 27.6 Å². The molecule has 0 radical (unpaired) electrons. The molecule has 0 fully saturated rings. The Balaban J connectivity index is 1.32. The SMILES string of the molecule is COC(=O)CC/C(=N\OCc1ccc(OCc2nc(-c3ccco3)oc2C)cc1)c1ccccc1. The number of methoxy groups -OCH3 is 1. The molecule has 4 aromatic rings. The number of nitrogens with zero attached hydrogens (tertiary/aromatic N) is 2. The Morgan fingerprint density at radius 1 is 0.971 bits per heavy atom. The molecular weight excluding hydrogens is 448 g/mol. The monoisotopic (exact) mass is 474 g/mol. The molecule has 4 rings (SSSR count). The summed E-state index contributed by atoms with van der Waals surface area (Å²) in [5.74, 6) is 2.10. The van der Waals surface area contributed by atoms with Crippen molar-refractivity contribution in [3.63, 3.8) is 0 Å². The molecule has 180 valence electrons. The summed E-state index contributed by atoms with van der Waals surface area (Å²) in [6, 6.07) is 20.7. The number of aryl methyl sites for hydroxylation is 1. The molecule has 2 aromatic carbocycles. The zero-order valence-corrected chi connectivity index (χ0v) is 19.6. The minimum absolute atomic E-state index is 0.230. The van der Waals surface area contributed by atoms with Gasteiger partial charge in [0.1, 0.15) is 30.4 Å². The summed E-state index contributed by atoms with van der Waals surface area (Å²) in [6.45, 7) is 2.40. The lowest BCUT2D eigenvalue weighted by Gasteiger charge is -2.08. The number of esters is 1. The number of oxime groups is 1. The second-order valence-electron chi connectivity index (χ2n) is 7.69. The number of hydrogen-bond acceptors (Lipinski definition) is 8. The smallest absolute Gasteiger partial charge is 0.305 e. The maximum Gasteiger partial charge on any atom is 0.305 e. The maximum absolute atomic E-state index is 11.5. The third-order valence-corrected chi connectivity index (χ3v) is 5.23. The van der Waals surface area contributed by atoms with E-state index in [4.69, 9.17) is 23.1 Å². The van der Waals surface area contributed by atoms with Crippen molar-refractivity contribution in [2.45, 2.75) is 33.0 Å². The first kappa shape index (κ1) is 23.8. The predicted octanol–water partition coefficient (Wildman–Crippen LogP) is 5.70. The molecular formula is C27H26N2O6. The number of rotatable bonds is 11. The highest BCUT2D eigenvalue weighted by atomic mass is 16.6. The van der Waals surface area contributed by atoms with E-state index >= 15 is 0 Å². The van der Waals surface area contributed by atoms with Crippen molar-refractivity contribution >= 4 is 11.7 Å². The van der Waals surface area contributed by atoms with Gasteiger partial charge in [0.15, 0.2) is 5.76 Å². The Hall–Kier alpha value is -4.33. The lowest BCUT2D eigenvalue weighted by molar-refractivity contribution is -0.140. The van der Waals surface area contributed by atoms with E-state index in [9.17, 15) is 4.79 Å². The summed E-state index contributed by atoms with van der Waals surface area (Å²) in [5.41, 5.74) is 3.23. The van der Waals surface area contributed by atoms with Crippen molar-refractivity contribution in [3.8, 4) is 17.4 Å². The average molecular weight is 475 g/mol. The molecule has 0 atom stereocenters. The highest BCUT2D eigenvalue weighted by Gasteiger charge is 2.14. The number of benzene rings is 2. The summed E-state index contributed by atoms with van der Waals surface area (Å²) < 4.78 is 21.6. The van der Waals surface area contributed by atoms with Crippen molar-refractivity contribution in [1.29, 1.82) is 0 Å². The molecule has 0 bridgehead atoms. The normalized spacial score (nSPS) is 11.3. The van der Waals surface area contributed by atoms with E-state index in [2.05, 4.69) is 10.1 Å². The van der Waals surface area contributed by atoms with Crippen molar-refractivity contribution in [2.24, 2.45) is 5.16 Å². The van der Waals surface area contributed by atoms with Gasteiger partial charge in [-0.05, 0) is 42.3 Å². The quantitative estimate of drug-likeness (QED) is 0.156. The van der Waals surface area contributed by atoms with Crippen LogP contribution in [0.3, 0.4) is 0 Å². The summed E-state index contributed by atoms with van der Waals surface area (Å²) in [5, 5.41) is 4.28. The summed E-state index contributed by atoms with van der Waals surface area (Å²) in [7, 11) is 1.37. The summed E-state index contributed by atoms with van der Waals surface area (Å²) in [4.78, 5) is 21.6. The highest BCUT2D eigenvalue weighted by Crippen LogP contribution is 2.23. The Labute approximate surface area is 203 Å². The minimum atomic E-state index is -0.290. The number of carbonyl (C=O) groups excluding carboxylic acids is 1. The fourth-order valence-electron chi connectivity index (χ4n) is 3.28. The molecule has 0 N–H and O–H groups in total. The first-order chi connectivity index (χ1) is 17.1. The molecule has 0 aliphatic carbocycles. The third kappa shape index (κ3) is 6.60. The van der Waals surface area contributed by atoms with Crippen LogP contribution in [0.15, 0.2) is 87.0 Å². The van der Waals surface area contributed by atoms with Crippen LogP contribution >= 0.6 is 0 Å². The van der Waals surface area contributed by atoms with Crippen LogP contribution in [0.5, 0.6) is 5.75 Å². The van der Waals surface area contributed by atoms with Gasteiger partial charge in [0.25, 0.3) is 5.89 Å². The van der Waals surface area contributed by atoms with Crippen LogP contribution in [0.4, 0.5) is 0 Å². The molecule has 0 saturated heterocycles. The molecule has 35 heavy (non-hydrogen) atoms. The molecule has 2 aromatic heterocycles. The minimum Gasteiger partial charge on any atom is -0.487 e. The molecule has 0 spiro atoms. The van der Waals surface area contributed by atoms with E-state index in [0.717, 1.165) is 11.1 Å². The van der Waals surface area contributed by atoms with Gasteiger partial charge >= 0.3 is 5.97 Å². The number of oxazole rings is 1. The third-order valence-electron chi connectivity index (χ3n) is 5.23. The largest absolute Gasteiger partial charge is 0.487 e. The van der Waals surface area contributed by atoms with Gasteiger partial charge in [-0.1, -0.05) is 47.6 Å². The van der Waals surface area contributed by atoms with Gasteiger partial charge in [-0.2, -0.15) is 0 Å². The van der Waals surface area contributed by atoms with Crippen LogP contribution in [-0.4, -0.2) is 23.8 Å². The van der Waals surface area contributed by atoms with Crippen molar-refractivity contribution in [3.05, 3.63) is 95.6 Å². The van der Waals surface area contributed by atoms with E-state index in [-0.39, 0.29) is 25.6 Å². The van der Waals surface area contributed by atoms with Gasteiger partial charge in [0.2, 0.25) is 0 Å². The van der Waals surface area contributed by atoms with Crippen LogP contribution in [0, 0.1) is 6.92 Å². The Bertz CT molecular complexity index is 1240. The second kappa shape index (κ2) is 11.7. The Kier molecular flexibility index (Phi) is 7.96. The standard InChI is InChI=1S/C27H26N2O6/c1-19-24(28-27(35-19)25-9-6-16-32-25)18-33-22-12-10-20(11-13-22)17-34-29-23(14-15-26(30)31-2)21-7-4-3-5-8-21/h3-13,16H,14-15,17-18H2,1-2H3/b29-23+. The zero-order valence-electron chi connectivity index (χ0n) is 19.6. The predicted molar refractivity (Wildman–Crippen MR) is 129 cm³/mol. The van der Waals surface area contributed by atoms with E-state index in [1.54, 1.807) is 18.4 Å². The Morgan fingerprint density at radius 3 is 2.49 bits per heavy atom. The number of furan rings is 1. The van der Waals surface area contributed by atoms with Crippen molar-refractivity contribution in [1.82, 2.24) is 4.98 Å². The molecule has 8 heteroatoms. The van der Waals surface area contributed by atoms with Gasteiger partial charge in [-0.15, -0.1) is 0 Å². The van der Waals surface area contributed by atoms with Gasteiger partial charge < -0.3 is 23.1 Å². The van der Waals surface area contributed by atoms with Gasteiger partial charge in [0.05, 0.1) is 25.5 Å². The number of hydrogen-bond donors (Lipinski definition) is 0. The maximum atomic E-state index is 11.5. The van der Waals surface area contributed by atoms with E-state index < -0.39 is 0 Å². The topological polar surface area (TPSA) is 96.3 Å². The molecule has 0 amide bonds. The van der Waals surface area contributed by atoms with Gasteiger partial charge in [0, 0.05) is 6.42 Å². The van der Waals surface area contributed by atoms with Crippen molar-refractivity contribution in [2.75, 3.05) is 7.11 Å². The van der Waals surface area contributed by atoms with Gasteiger partial charge in [-0.25, -0.2) is 4.98 Å². The number of carbonyl (C=O) groups is 1. The fourth-order valence-corrected chi connectivity index (χ4v) is 3.28.